The molecule has 2 aromatic heterocycles. The first kappa shape index (κ1) is 25.7. The molecule has 7 heteroatoms. The molecular weight excluding hydrogens is 464 g/mol. The Morgan fingerprint density at radius 2 is 1.72 bits per heavy atom. The molecule has 0 bridgehead atoms. The van der Waals surface area contributed by atoms with E-state index in [1.807, 2.05) is 13.2 Å². The third-order valence-electron chi connectivity index (χ3n) is 8.43. The van der Waals surface area contributed by atoms with E-state index in [1.54, 1.807) is 11.3 Å². The quantitative estimate of drug-likeness (QED) is 0.416. The molecule has 4 heterocycles. The molecule has 2 aliphatic heterocycles. The van der Waals surface area contributed by atoms with Crippen molar-refractivity contribution in [3.63, 3.8) is 0 Å². The number of nitrogens with one attached hydrogen (secondary N) is 2. The van der Waals surface area contributed by atoms with Crippen LogP contribution < -0.4 is 10.2 Å². The monoisotopic (exact) mass is 508 g/mol. The van der Waals surface area contributed by atoms with Crippen molar-refractivity contribution in [2.75, 3.05) is 50.0 Å². The van der Waals surface area contributed by atoms with E-state index < -0.39 is 0 Å². The number of aromatic nitrogens is 2. The smallest absolute Gasteiger partial charge is 0.137 e. The van der Waals surface area contributed by atoms with Crippen LogP contribution in [0.5, 0.6) is 0 Å². The van der Waals surface area contributed by atoms with Gasteiger partial charge >= 0.3 is 0 Å². The van der Waals surface area contributed by atoms with Gasteiger partial charge in [0.15, 0.2) is 0 Å². The highest BCUT2D eigenvalue weighted by Crippen LogP contribution is 2.33. The highest BCUT2D eigenvalue weighted by atomic mass is 32.1. The van der Waals surface area contributed by atoms with Crippen LogP contribution in [0.1, 0.15) is 98.4 Å². The van der Waals surface area contributed by atoms with Gasteiger partial charge in [-0.2, -0.15) is 0 Å². The lowest BCUT2D eigenvalue weighted by Crippen LogP contribution is -2.38. The third kappa shape index (κ3) is 6.28. The molecule has 5 rings (SSSR count). The fourth-order valence-corrected chi connectivity index (χ4v) is 7.38. The topological polar surface area (TPSA) is 68.1 Å². The van der Waals surface area contributed by atoms with Crippen molar-refractivity contribution in [2.45, 2.75) is 83.0 Å². The molecule has 1 saturated carbocycles. The summed E-state index contributed by atoms with van der Waals surface area (Å²) in [6.07, 6.45) is 17.9. The number of nitrogens with zero attached hydrogens (tertiary/aromatic N) is 4. The molecular formula is C29H44N6S. The van der Waals surface area contributed by atoms with Gasteiger partial charge in [0.05, 0.1) is 15.6 Å². The van der Waals surface area contributed by atoms with Gasteiger partial charge in [-0.25, -0.2) is 9.97 Å². The average molecular weight is 509 g/mol. The van der Waals surface area contributed by atoms with Crippen LogP contribution in [0.25, 0.3) is 0 Å². The van der Waals surface area contributed by atoms with Gasteiger partial charge in [0.1, 0.15) is 11.6 Å². The van der Waals surface area contributed by atoms with Gasteiger partial charge in [-0.05, 0) is 63.1 Å². The first-order valence-corrected chi connectivity index (χ1v) is 15.2. The Morgan fingerprint density at radius 3 is 2.50 bits per heavy atom. The van der Waals surface area contributed by atoms with Crippen molar-refractivity contribution in [3.05, 3.63) is 33.8 Å². The highest BCUT2D eigenvalue weighted by Gasteiger charge is 2.27. The van der Waals surface area contributed by atoms with E-state index in [0.29, 0.717) is 11.6 Å². The molecule has 3 aliphatic rings. The highest BCUT2D eigenvalue weighted by molar-refractivity contribution is 7.14. The first-order valence-electron chi connectivity index (χ1n) is 14.4. The van der Waals surface area contributed by atoms with Crippen LogP contribution in [-0.2, 0) is 0 Å². The zero-order valence-corrected chi connectivity index (χ0v) is 22.9. The summed E-state index contributed by atoms with van der Waals surface area (Å²) in [6.45, 7) is 5.78. The molecule has 0 amide bonds. The number of hydrogen-bond acceptors (Lipinski definition) is 7. The minimum Gasteiger partial charge on any atom is -0.373 e. The van der Waals surface area contributed by atoms with Crippen LogP contribution in [0, 0.1) is 11.3 Å². The summed E-state index contributed by atoms with van der Waals surface area (Å²) < 4.78 is 0. The third-order valence-corrected chi connectivity index (χ3v) is 9.61. The van der Waals surface area contributed by atoms with E-state index in [4.69, 9.17) is 15.4 Å². The zero-order valence-electron chi connectivity index (χ0n) is 22.1. The lowest BCUT2D eigenvalue weighted by molar-refractivity contribution is 0.160. The summed E-state index contributed by atoms with van der Waals surface area (Å²) in [6, 6.07) is 4.19. The molecule has 2 saturated heterocycles. The Bertz CT molecular complexity index is 989. The summed E-state index contributed by atoms with van der Waals surface area (Å²) in [7, 11) is 1.91. The number of piperidine rings is 1. The second-order valence-corrected chi connectivity index (χ2v) is 12.2. The van der Waals surface area contributed by atoms with Gasteiger partial charge in [-0.15, -0.1) is 11.3 Å². The molecule has 1 atom stereocenters. The SMILES string of the molecule is CNc1nc(N2CCCCCCC2)ccc1C(=N)c1cnc(C2CCCN(CC3CCCCC3)C2)s1. The van der Waals surface area contributed by atoms with Gasteiger partial charge in [0.25, 0.3) is 0 Å². The van der Waals surface area contributed by atoms with Crippen molar-refractivity contribution in [3.8, 4) is 0 Å². The van der Waals surface area contributed by atoms with Gasteiger partial charge in [0.2, 0.25) is 0 Å². The normalized spacial score (nSPS) is 22.7. The van der Waals surface area contributed by atoms with Gasteiger partial charge < -0.3 is 15.1 Å². The van der Waals surface area contributed by atoms with Gasteiger partial charge in [-0.3, -0.25) is 5.41 Å². The molecule has 3 fully saturated rings. The fourth-order valence-electron chi connectivity index (χ4n) is 6.38. The molecule has 0 aromatic carbocycles. The summed E-state index contributed by atoms with van der Waals surface area (Å²) in [5.74, 6) is 3.23. The summed E-state index contributed by atoms with van der Waals surface area (Å²) in [5, 5.41) is 13.5. The maximum atomic E-state index is 9.00. The minimum absolute atomic E-state index is 0.505. The predicted molar refractivity (Wildman–Crippen MR) is 152 cm³/mol. The molecule has 0 spiro atoms. The summed E-state index contributed by atoms with van der Waals surface area (Å²) >= 11 is 1.72. The summed E-state index contributed by atoms with van der Waals surface area (Å²) in [4.78, 5) is 15.8. The number of anilines is 2. The molecule has 2 aromatic rings. The van der Waals surface area contributed by atoms with Crippen LogP contribution in [0.3, 0.4) is 0 Å². The number of likely N-dealkylation sites (tertiary alicyclic amines) is 1. The second kappa shape index (κ2) is 12.5. The second-order valence-electron chi connectivity index (χ2n) is 11.1. The average Bonchev–Trinajstić information content (AvgIpc) is 3.39. The Morgan fingerprint density at radius 1 is 0.972 bits per heavy atom. The van der Waals surface area contributed by atoms with Crippen molar-refractivity contribution in [1.29, 1.82) is 5.41 Å². The van der Waals surface area contributed by atoms with Crippen molar-refractivity contribution in [1.82, 2.24) is 14.9 Å². The maximum absolute atomic E-state index is 9.00. The van der Waals surface area contributed by atoms with E-state index in [-0.39, 0.29) is 0 Å². The predicted octanol–water partition coefficient (Wildman–Crippen LogP) is 6.53. The summed E-state index contributed by atoms with van der Waals surface area (Å²) in [5.41, 5.74) is 1.40. The van der Waals surface area contributed by atoms with Crippen LogP contribution in [0.4, 0.5) is 11.6 Å². The molecule has 36 heavy (non-hydrogen) atoms. The fraction of sp³-hybridized carbons (Fsp3) is 0.690. The minimum atomic E-state index is 0.505. The molecule has 1 unspecified atom stereocenters. The van der Waals surface area contributed by atoms with Crippen LogP contribution in [0.2, 0.25) is 0 Å². The standard InChI is InChI=1S/C29H44N6S/c1-31-28-24(14-15-26(33-28)35-17-8-3-2-4-9-18-35)27(30)25-19-32-29(36-25)23-13-10-16-34(21-23)20-22-11-6-5-7-12-22/h14-15,19,22-23,30H,2-13,16-18,20-21H2,1H3,(H,31,33). The van der Waals surface area contributed by atoms with Gasteiger partial charge in [-0.1, -0.05) is 38.5 Å². The molecule has 1 aliphatic carbocycles. The van der Waals surface area contributed by atoms with E-state index in [2.05, 4.69) is 27.2 Å². The number of thiazole rings is 1. The van der Waals surface area contributed by atoms with Crippen LogP contribution >= 0.6 is 11.3 Å². The number of rotatable bonds is 7. The van der Waals surface area contributed by atoms with Crippen molar-refractivity contribution < 1.29 is 0 Å². The van der Waals surface area contributed by atoms with E-state index in [9.17, 15) is 0 Å². The molecule has 2 N–H and O–H groups in total. The van der Waals surface area contributed by atoms with Crippen molar-refractivity contribution >= 4 is 28.7 Å². The Hall–Kier alpha value is -1.99. The molecule has 196 valence electrons. The van der Waals surface area contributed by atoms with E-state index in [1.165, 1.54) is 95.1 Å². The maximum Gasteiger partial charge on any atom is 0.137 e. The molecule has 0 radical (unpaired) electrons. The first-order chi connectivity index (χ1) is 17.7. The lowest BCUT2D eigenvalue weighted by atomic mass is 9.88. The Kier molecular flexibility index (Phi) is 8.91. The largest absolute Gasteiger partial charge is 0.373 e. The number of pyridine rings is 1. The Balaban J connectivity index is 1.25. The van der Waals surface area contributed by atoms with Crippen molar-refractivity contribution in [2.24, 2.45) is 5.92 Å². The Labute approximate surface area is 221 Å². The van der Waals surface area contributed by atoms with E-state index in [0.717, 1.165) is 47.6 Å². The molecule has 6 nitrogen and oxygen atoms in total. The number of hydrogen-bond donors (Lipinski definition) is 2. The van der Waals surface area contributed by atoms with E-state index >= 15 is 0 Å². The zero-order chi connectivity index (χ0) is 24.7. The van der Waals surface area contributed by atoms with Gasteiger partial charge in [0, 0.05) is 50.9 Å². The van der Waals surface area contributed by atoms with Crippen LogP contribution in [0.15, 0.2) is 18.3 Å². The van der Waals surface area contributed by atoms with Crippen LogP contribution in [-0.4, -0.2) is 60.4 Å². The lowest BCUT2D eigenvalue weighted by Gasteiger charge is -2.35.